The standard InChI is InChI=1S/C16H24N4O2S/c1-5-17-15(18-8-14-20-11(2)12(3)22-14)19-10-16(4,21)13-6-7-23-9-13/h6-7,9,21H,5,8,10H2,1-4H3,(H2,17,18,19). The molecule has 0 spiro atoms. The SMILES string of the molecule is CCNC(=NCc1nc(C)c(C)o1)NCC(C)(O)c1ccsc1. The van der Waals surface area contributed by atoms with Crippen LogP contribution in [0, 0.1) is 13.8 Å². The first kappa shape index (κ1) is 17.5. The van der Waals surface area contributed by atoms with Crippen LogP contribution >= 0.6 is 11.3 Å². The van der Waals surface area contributed by atoms with E-state index in [0.29, 0.717) is 24.9 Å². The number of aliphatic imine (C=N–C) groups is 1. The maximum atomic E-state index is 10.5. The molecule has 0 aliphatic heterocycles. The minimum atomic E-state index is -0.952. The monoisotopic (exact) mass is 336 g/mol. The highest BCUT2D eigenvalue weighted by Gasteiger charge is 2.23. The van der Waals surface area contributed by atoms with Crippen LogP contribution in [0.5, 0.6) is 0 Å². The van der Waals surface area contributed by atoms with Gasteiger partial charge in [-0.2, -0.15) is 11.3 Å². The van der Waals surface area contributed by atoms with Crippen LogP contribution in [-0.4, -0.2) is 29.1 Å². The summed E-state index contributed by atoms with van der Waals surface area (Å²) in [5.41, 5.74) is 0.824. The molecule has 0 radical (unpaired) electrons. The molecule has 0 saturated heterocycles. The van der Waals surface area contributed by atoms with Gasteiger partial charge in [0.1, 0.15) is 17.9 Å². The molecule has 0 amide bonds. The minimum absolute atomic E-state index is 0.352. The van der Waals surface area contributed by atoms with Gasteiger partial charge in [-0.1, -0.05) is 0 Å². The van der Waals surface area contributed by atoms with Crippen LogP contribution in [0.25, 0.3) is 0 Å². The van der Waals surface area contributed by atoms with Crippen molar-refractivity contribution in [2.45, 2.75) is 39.8 Å². The molecule has 23 heavy (non-hydrogen) atoms. The third-order valence-electron chi connectivity index (χ3n) is 3.53. The number of thiophene rings is 1. The molecule has 2 rings (SSSR count). The average molecular weight is 336 g/mol. The van der Waals surface area contributed by atoms with Crippen molar-refractivity contribution in [3.8, 4) is 0 Å². The van der Waals surface area contributed by atoms with E-state index >= 15 is 0 Å². The number of aromatic nitrogens is 1. The van der Waals surface area contributed by atoms with Gasteiger partial charge in [-0.05, 0) is 50.1 Å². The Morgan fingerprint density at radius 1 is 1.43 bits per heavy atom. The minimum Gasteiger partial charge on any atom is -0.444 e. The van der Waals surface area contributed by atoms with Gasteiger partial charge in [-0.15, -0.1) is 0 Å². The van der Waals surface area contributed by atoms with Gasteiger partial charge < -0.3 is 20.2 Å². The van der Waals surface area contributed by atoms with Crippen molar-refractivity contribution in [3.05, 3.63) is 39.7 Å². The van der Waals surface area contributed by atoms with Gasteiger partial charge in [0.25, 0.3) is 0 Å². The van der Waals surface area contributed by atoms with Crippen molar-refractivity contribution in [2.24, 2.45) is 4.99 Å². The molecule has 1 unspecified atom stereocenters. The summed E-state index contributed by atoms with van der Waals surface area (Å²) in [6.45, 7) is 9.02. The molecule has 0 bridgehead atoms. The van der Waals surface area contributed by atoms with E-state index in [4.69, 9.17) is 4.42 Å². The lowest BCUT2D eigenvalue weighted by Gasteiger charge is -2.24. The molecule has 2 aromatic rings. The molecule has 7 heteroatoms. The second-order valence-corrected chi connectivity index (χ2v) is 6.36. The van der Waals surface area contributed by atoms with Crippen molar-refractivity contribution < 1.29 is 9.52 Å². The number of aliphatic hydroxyl groups is 1. The second-order valence-electron chi connectivity index (χ2n) is 5.58. The third-order valence-corrected chi connectivity index (χ3v) is 4.22. The summed E-state index contributed by atoms with van der Waals surface area (Å²) in [6.07, 6.45) is 0. The van der Waals surface area contributed by atoms with E-state index in [1.54, 1.807) is 18.3 Å². The number of hydrogen-bond donors (Lipinski definition) is 3. The molecule has 126 valence electrons. The second kappa shape index (κ2) is 7.61. The van der Waals surface area contributed by atoms with Crippen LogP contribution in [-0.2, 0) is 12.1 Å². The topological polar surface area (TPSA) is 82.7 Å². The zero-order valence-electron chi connectivity index (χ0n) is 14.0. The van der Waals surface area contributed by atoms with E-state index in [1.807, 2.05) is 37.6 Å². The highest BCUT2D eigenvalue weighted by Crippen LogP contribution is 2.21. The van der Waals surface area contributed by atoms with Crippen LogP contribution in [0.2, 0.25) is 0 Å². The highest BCUT2D eigenvalue weighted by molar-refractivity contribution is 7.08. The lowest BCUT2D eigenvalue weighted by molar-refractivity contribution is 0.0621. The molecule has 0 aliphatic carbocycles. The predicted molar refractivity (Wildman–Crippen MR) is 92.7 cm³/mol. The first-order valence-corrected chi connectivity index (χ1v) is 8.57. The zero-order valence-corrected chi connectivity index (χ0v) is 14.8. The van der Waals surface area contributed by atoms with Crippen LogP contribution in [0.3, 0.4) is 0 Å². The van der Waals surface area contributed by atoms with E-state index in [0.717, 1.165) is 23.6 Å². The highest BCUT2D eigenvalue weighted by atomic mass is 32.1. The Morgan fingerprint density at radius 3 is 2.78 bits per heavy atom. The van der Waals surface area contributed by atoms with E-state index < -0.39 is 5.60 Å². The Kier molecular flexibility index (Phi) is 5.79. The molecule has 0 aromatic carbocycles. The fourth-order valence-corrected chi connectivity index (χ4v) is 2.81. The van der Waals surface area contributed by atoms with E-state index in [2.05, 4.69) is 20.6 Å². The van der Waals surface area contributed by atoms with Gasteiger partial charge in [0, 0.05) is 6.54 Å². The van der Waals surface area contributed by atoms with E-state index in [-0.39, 0.29) is 0 Å². The summed E-state index contributed by atoms with van der Waals surface area (Å²) in [4.78, 5) is 8.77. The van der Waals surface area contributed by atoms with Gasteiger partial charge >= 0.3 is 0 Å². The van der Waals surface area contributed by atoms with Crippen molar-refractivity contribution in [1.82, 2.24) is 15.6 Å². The summed E-state index contributed by atoms with van der Waals surface area (Å²) < 4.78 is 5.53. The van der Waals surface area contributed by atoms with E-state index in [1.165, 1.54) is 0 Å². The Hall–Kier alpha value is -1.86. The summed E-state index contributed by atoms with van der Waals surface area (Å²) in [5.74, 6) is 2.02. The smallest absolute Gasteiger partial charge is 0.216 e. The zero-order chi connectivity index (χ0) is 16.9. The Bertz CT molecular complexity index is 628. The summed E-state index contributed by atoms with van der Waals surface area (Å²) in [5, 5.41) is 20.8. The Labute approximate surface area is 140 Å². The predicted octanol–water partition coefficient (Wildman–Crippen LogP) is 2.32. The van der Waals surface area contributed by atoms with Crippen molar-refractivity contribution in [1.29, 1.82) is 0 Å². The molecule has 0 aliphatic rings. The molecule has 0 saturated carbocycles. The van der Waals surface area contributed by atoms with Gasteiger partial charge in [0.2, 0.25) is 5.89 Å². The van der Waals surface area contributed by atoms with E-state index in [9.17, 15) is 5.11 Å². The molecule has 1 atom stereocenters. The molecule has 6 nitrogen and oxygen atoms in total. The number of aryl methyl sites for hydroxylation is 2. The van der Waals surface area contributed by atoms with Crippen LogP contribution in [0.1, 0.15) is 36.8 Å². The molecule has 3 N–H and O–H groups in total. The maximum absolute atomic E-state index is 10.5. The van der Waals surface area contributed by atoms with Crippen molar-refractivity contribution in [2.75, 3.05) is 13.1 Å². The molecular formula is C16H24N4O2S. The largest absolute Gasteiger partial charge is 0.444 e. The van der Waals surface area contributed by atoms with Crippen LogP contribution < -0.4 is 10.6 Å². The Morgan fingerprint density at radius 2 is 2.22 bits per heavy atom. The van der Waals surface area contributed by atoms with Crippen molar-refractivity contribution >= 4 is 17.3 Å². The number of hydrogen-bond acceptors (Lipinski definition) is 5. The van der Waals surface area contributed by atoms with Crippen LogP contribution in [0.4, 0.5) is 0 Å². The van der Waals surface area contributed by atoms with Gasteiger partial charge in [0.05, 0.1) is 12.2 Å². The number of guanidine groups is 1. The fraction of sp³-hybridized carbons (Fsp3) is 0.500. The lowest BCUT2D eigenvalue weighted by atomic mass is 9.99. The average Bonchev–Trinajstić information content (AvgIpc) is 3.13. The number of oxazole rings is 1. The normalized spacial score (nSPS) is 14.6. The Balaban J connectivity index is 1.99. The summed E-state index contributed by atoms with van der Waals surface area (Å²) in [6, 6.07) is 1.93. The summed E-state index contributed by atoms with van der Waals surface area (Å²) >= 11 is 1.57. The summed E-state index contributed by atoms with van der Waals surface area (Å²) in [7, 11) is 0. The molecular weight excluding hydrogens is 312 g/mol. The number of nitrogens with zero attached hydrogens (tertiary/aromatic N) is 2. The maximum Gasteiger partial charge on any atom is 0.216 e. The third kappa shape index (κ3) is 4.80. The lowest BCUT2D eigenvalue weighted by Crippen LogP contribution is -2.44. The van der Waals surface area contributed by atoms with Gasteiger partial charge in [-0.3, -0.25) is 0 Å². The number of rotatable bonds is 6. The molecule has 2 aromatic heterocycles. The van der Waals surface area contributed by atoms with Gasteiger partial charge in [0.15, 0.2) is 5.96 Å². The van der Waals surface area contributed by atoms with Gasteiger partial charge in [-0.25, -0.2) is 9.98 Å². The fourth-order valence-electron chi connectivity index (χ4n) is 2.02. The number of nitrogens with one attached hydrogen (secondary N) is 2. The first-order valence-electron chi connectivity index (χ1n) is 7.62. The van der Waals surface area contributed by atoms with Crippen molar-refractivity contribution in [3.63, 3.8) is 0 Å². The first-order chi connectivity index (χ1) is 10.9. The molecule has 2 heterocycles. The molecule has 0 fully saturated rings. The van der Waals surface area contributed by atoms with Crippen LogP contribution in [0.15, 0.2) is 26.2 Å². The quantitative estimate of drug-likeness (QED) is 0.557.